The molecule has 3 amide bonds. The Labute approximate surface area is 152 Å². The minimum absolute atomic E-state index is 0.0940. The predicted molar refractivity (Wildman–Crippen MR) is 96.2 cm³/mol. The smallest absolute Gasteiger partial charge is 0.308 e. The molecule has 0 saturated heterocycles. The Hall–Kier alpha value is -2.64. The summed E-state index contributed by atoms with van der Waals surface area (Å²) in [6.07, 6.45) is 1.32. The fraction of sp³-hybridized carbons (Fsp3) is 0.125. The summed E-state index contributed by atoms with van der Waals surface area (Å²) >= 11 is 12.1. The van der Waals surface area contributed by atoms with Crippen LogP contribution in [-0.2, 0) is 7.05 Å². The topological polar surface area (TPSA) is 88.9 Å². The predicted octanol–water partition coefficient (Wildman–Crippen LogP) is 3.55. The van der Waals surface area contributed by atoms with E-state index in [4.69, 9.17) is 23.2 Å². The number of urea groups is 1. The van der Waals surface area contributed by atoms with Crippen LogP contribution in [0, 0.1) is 6.92 Å². The van der Waals surface area contributed by atoms with Gasteiger partial charge in [0.15, 0.2) is 5.65 Å². The number of rotatable bonds is 2. The number of benzene rings is 1. The Bertz CT molecular complexity index is 982. The highest BCUT2D eigenvalue weighted by Gasteiger charge is 2.19. The molecule has 0 radical (unpaired) electrons. The fourth-order valence-electron chi connectivity index (χ4n) is 2.39. The number of carbonyl (C=O) groups is 2. The Morgan fingerprint density at radius 2 is 1.84 bits per heavy atom. The van der Waals surface area contributed by atoms with Gasteiger partial charge in [0.05, 0.1) is 21.7 Å². The molecule has 128 valence electrons. The molecule has 0 fully saturated rings. The van der Waals surface area contributed by atoms with Gasteiger partial charge in [0.25, 0.3) is 5.91 Å². The van der Waals surface area contributed by atoms with E-state index in [1.807, 2.05) is 0 Å². The maximum Gasteiger partial charge on any atom is 0.326 e. The first-order valence-electron chi connectivity index (χ1n) is 7.22. The summed E-state index contributed by atoms with van der Waals surface area (Å²) in [7, 11) is 1.73. The molecular weight excluding hydrogens is 365 g/mol. The van der Waals surface area contributed by atoms with E-state index >= 15 is 0 Å². The highest BCUT2D eigenvalue weighted by molar-refractivity contribution is 6.38. The minimum atomic E-state index is -0.689. The first-order valence-corrected chi connectivity index (χ1v) is 7.98. The number of nitrogens with one attached hydrogen (secondary N) is 2. The Morgan fingerprint density at radius 1 is 1.16 bits per heavy atom. The van der Waals surface area contributed by atoms with E-state index in [0.717, 1.165) is 0 Å². The SMILES string of the molecule is Cc1nn(C)c2ncc(C(=O)NC(=O)Nc3ccc(Cl)cc3)c(Cl)c12. The Kier molecular flexibility index (Phi) is 4.61. The molecule has 0 atom stereocenters. The molecule has 9 heteroatoms. The third-order valence-corrected chi connectivity index (χ3v) is 4.18. The molecule has 2 aromatic heterocycles. The lowest BCUT2D eigenvalue weighted by Crippen LogP contribution is -2.34. The van der Waals surface area contributed by atoms with Crippen molar-refractivity contribution in [1.82, 2.24) is 20.1 Å². The highest BCUT2D eigenvalue weighted by atomic mass is 35.5. The van der Waals surface area contributed by atoms with Crippen LogP contribution in [0.1, 0.15) is 16.1 Å². The summed E-state index contributed by atoms with van der Waals surface area (Å²) in [5.41, 5.74) is 1.80. The molecular formula is C16H13Cl2N5O2. The quantitative estimate of drug-likeness (QED) is 0.714. The summed E-state index contributed by atoms with van der Waals surface area (Å²) in [4.78, 5) is 28.5. The molecule has 3 rings (SSSR count). The van der Waals surface area contributed by atoms with E-state index in [2.05, 4.69) is 20.7 Å². The van der Waals surface area contributed by atoms with Gasteiger partial charge in [-0.3, -0.25) is 14.8 Å². The van der Waals surface area contributed by atoms with Gasteiger partial charge in [-0.15, -0.1) is 0 Å². The van der Waals surface area contributed by atoms with Gasteiger partial charge < -0.3 is 5.32 Å². The number of imide groups is 1. The zero-order valence-corrected chi connectivity index (χ0v) is 14.8. The molecule has 0 aliphatic rings. The lowest BCUT2D eigenvalue weighted by atomic mass is 10.2. The van der Waals surface area contributed by atoms with Crippen molar-refractivity contribution in [2.75, 3.05) is 5.32 Å². The third-order valence-electron chi connectivity index (χ3n) is 3.54. The number of pyridine rings is 1. The molecule has 0 bridgehead atoms. The fourth-order valence-corrected chi connectivity index (χ4v) is 2.87. The van der Waals surface area contributed by atoms with E-state index in [0.29, 0.717) is 27.4 Å². The van der Waals surface area contributed by atoms with Gasteiger partial charge in [0, 0.05) is 24.0 Å². The van der Waals surface area contributed by atoms with E-state index < -0.39 is 11.9 Å². The molecule has 0 saturated carbocycles. The molecule has 2 N–H and O–H groups in total. The normalized spacial score (nSPS) is 10.7. The lowest BCUT2D eigenvalue weighted by molar-refractivity contribution is 0.0967. The van der Waals surface area contributed by atoms with Crippen molar-refractivity contribution < 1.29 is 9.59 Å². The van der Waals surface area contributed by atoms with Crippen LogP contribution in [-0.4, -0.2) is 26.7 Å². The van der Waals surface area contributed by atoms with Gasteiger partial charge in [-0.25, -0.2) is 9.78 Å². The molecule has 7 nitrogen and oxygen atoms in total. The van der Waals surface area contributed by atoms with Crippen molar-refractivity contribution in [3.63, 3.8) is 0 Å². The average Bonchev–Trinajstić information content (AvgIpc) is 2.85. The number of halogens is 2. The molecule has 0 aliphatic carbocycles. The van der Waals surface area contributed by atoms with Gasteiger partial charge >= 0.3 is 6.03 Å². The highest BCUT2D eigenvalue weighted by Crippen LogP contribution is 2.27. The molecule has 0 spiro atoms. The van der Waals surface area contributed by atoms with Crippen molar-refractivity contribution in [1.29, 1.82) is 0 Å². The van der Waals surface area contributed by atoms with Crippen LogP contribution in [0.2, 0.25) is 10.0 Å². The number of hydrogen-bond acceptors (Lipinski definition) is 4. The van der Waals surface area contributed by atoms with Crippen molar-refractivity contribution in [3.05, 3.63) is 51.8 Å². The van der Waals surface area contributed by atoms with E-state index in [1.54, 1.807) is 42.9 Å². The zero-order valence-electron chi connectivity index (χ0n) is 13.3. The molecule has 0 unspecified atom stereocenters. The molecule has 3 aromatic rings. The van der Waals surface area contributed by atoms with Gasteiger partial charge in [0.2, 0.25) is 0 Å². The second-order valence-electron chi connectivity index (χ2n) is 5.31. The second-order valence-corrected chi connectivity index (χ2v) is 6.12. The van der Waals surface area contributed by atoms with Crippen molar-refractivity contribution in [2.45, 2.75) is 6.92 Å². The van der Waals surface area contributed by atoms with Gasteiger partial charge in [-0.2, -0.15) is 5.10 Å². The molecule has 0 aliphatic heterocycles. The Morgan fingerprint density at radius 3 is 2.52 bits per heavy atom. The number of amides is 3. The molecule has 1 aromatic carbocycles. The van der Waals surface area contributed by atoms with Crippen molar-refractivity contribution in [2.24, 2.45) is 7.05 Å². The standard InChI is InChI=1S/C16H13Cl2N5O2/c1-8-12-13(18)11(7-19-14(12)23(2)22-8)15(24)21-16(25)20-10-5-3-9(17)4-6-10/h3-7H,1-2H3,(H2,20,21,24,25). The zero-order chi connectivity index (χ0) is 18.1. The number of hydrogen-bond donors (Lipinski definition) is 2. The monoisotopic (exact) mass is 377 g/mol. The largest absolute Gasteiger partial charge is 0.326 e. The van der Waals surface area contributed by atoms with Crippen molar-refractivity contribution in [3.8, 4) is 0 Å². The first-order chi connectivity index (χ1) is 11.9. The van der Waals surface area contributed by atoms with Crippen LogP contribution in [0.15, 0.2) is 30.5 Å². The maximum absolute atomic E-state index is 12.3. The van der Waals surface area contributed by atoms with Crippen LogP contribution in [0.3, 0.4) is 0 Å². The second kappa shape index (κ2) is 6.70. The van der Waals surface area contributed by atoms with Crippen LogP contribution in [0.25, 0.3) is 11.0 Å². The number of fused-ring (bicyclic) bond motifs is 1. The average molecular weight is 378 g/mol. The molecule has 2 heterocycles. The maximum atomic E-state index is 12.3. The van der Waals surface area contributed by atoms with E-state index in [1.165, 1.54) is 6.20 Å². The van der Waals surface area contributed by atoms with Crippen molar-refractivity contribution >= 4 is 51.9 Å². The number of carbonyl (C=O) groups excluding carboxylic acids is 2. The van der Waals surface area contributed by atoms with E-state index in [9.17, 15) is 9.59 Å². The number of aromatic nitrogens is 3. The van der Waals surface area contributed by atoms with E-state index in [-0.39, 0.29) is 10.6 Å². The first kappa shape index (κ1) is 17.2. The summed E-state index contributed by atoms with van der Waals surface area (Å²) < 4.78 is 1.57. The number of aryl methyl sites for hydroxylation is 2. The number of nitrogens with zero attached hydrogens (tertiary/aromatic N) is 3. The van der Waals surface area contributed by atoms with Gasteiger partial charge in [-0.05, 0) is 31.2 Å². The van der Waals surface area contributed by atoms with Crippen LogP contribution in [0.5, 0.6) is 0 Å². The van der Waals surface area contributed by atoms with Crippen LogP contribution >= 0.6 is 23.2 Å². The summed E-state index contributed by atoms with van der Waals surface area (Å²) in [5, 5.41) is 10.3. The summed E-state index contributed by atoms with van der Waals surface area (Å²) in [6.45, 7) is 1.77. The van der Waals surface area contributed by atoms with Crippen LogP contribution in [0.4, 0.5) is 10.5 Å². The minimum Gasteiger partial charge on any atom is -0.308 e. The molecule has 25 heavy (non-hydrogen) atoms. The third kappa shape index (κ3) is 3.42. The summed E-state index contributed by atoms with van der Waals surface area (Å²) in [6, 6.07) is 5.79. The van der Waals surface area contributed by atoms with Gasteiger partial charge in [0.1, 0.15) is 0 Å². The van der Waals surface area contributed by atoms with Gasteiger partial charge in [-0.1, -0.05) is 23.2 Å². The lowest BCUT2D eigenvalue weighted by Gasteiger charge is -2.08. The number of anilines is 1. The summed E-state index contributed by atoms with van der Waals surface area (Å²) in [5.74, 6) is -0.658. The van der Waals surface area contributed by atoms with Crippen LogP contribution < -0.4 is 10.6 Å². The Balaban J connectivity index is 1.80.